The number of rotatable bonds is 4. The normalized spacial score (nSPS) is 12.8. The zero-order chi connectivity index (χ0) is 33.2. The Hall–Kier alpha value is -5.92. The maximum absolute atomic E-state index is 9.27. The molecule has 1 heteroatoms. The highest BCUT2D eigenvalue weighted by atomic mass is 16.3. The molecule has 0 aliphatic rings. The van der Waals surface area contributed by atoms with Gasteiger partial charge in [-0.1, -0.05) is 152 Å². The van der Waals surface area contributed by atoms with Gasteiger partial charge in [0.15, 0.2) is 0 Å². The monoisotopic (exact) mass is 576 g/mol. The van der Waals surface area contributed by atoms with Gasteiger partial charge in [-0.15, -0.1) is 0 Å². The lowest BCUT2D eigenvalue weighted by Crippen LogP contribution is -1.91. The van der Waals surface area contributed by atoms with Gasteiger partial charge in [-0.05, 0) is 84.3 Å². The van der Waals surface area contributed by atoms with Gasteiger partial charge in [0, 0.05) is 10.8 Å². The van der Waals surface area contributed by atoms with Crippen molar-refractivity contribution in [3.05, 3.63) is 170 Å². The van der Waals surface area contributed by atoms with Crippen molar-refractivity contribution >= 4 is 43.5 Å². The average molecular weight is 577 g/mol. The molecule has 210 valence electrons. The highest BCUT2D eigenvalue weighted by molar-refractivity contribution is 6.22. The summed E-state index contributed by atoms with van der Waals surface area (Å²) in [7, 11) is 0. The topological polar surface area (TPSA) is 13.1 Å². The van der Waals surface area contributed by atoms with E-state index in [9.17, 15) is 2.74 Å². The molecular weight excluding hydrogens is 544 g/mol. The van der Waals surface area contributed by atoms with E-state index in [1.54, 1.807) is 0 Å². The standard InChI is InChI=1S/C44H28O/c1-3-12-29(13-4-1)30-22-24-32(25-23-30)42-35-16-7-9-18-37(35)43(38-19-10-8-17-36(38)42)33-26-27-40-39(28-33)44-34(20-11-21-41(44)45-40)31-14-5-2-6-15-31/h1-28H/i22D,23D,24D,25D. The minimum absolute atomic E-state index is 0.0500. The van der Waals surface area contributed by atoms with E-state index in [0.29, 0.717) is 22.3 Å². The molecule has 0 saturated heterocycles. The summed E-state index contributed by atoms with van der Waals surface area (Å²) in [6, 6.07) is 48.1. The summed E-state index contributed by atoms with van der Waals surface area (Å²) < 4.78 is 43.0. The molecule has 0 aliphatic carbocycles. The Kier molecular flexibility index (Phi) is 5.00. The molecule has 0 radical (unpaired) electrons. The van der Waals surface area contributed by atoms with E-state index in [0.717, 1.165) is 65.7 Å². The van der Waals surface area contributed by atoms with Crippen LogP contribution in [-0.4, -0.2) is 0 Å². The minimum Gasteiger partial charge on any atom is -0.456 e. The van der Waals surface area contributed by atoms with Crippen molar-refractivity contribution in [1.82, 2.24) is 0 Å². The molecule has 0 amide bonds. The molecule has 1 nitrogen and oxygen atoms in total. The van der Waals surface area contributed by atoms with Crippen molar-refractivity contribution < 1.29 is 9.90 Å². The van der Waals surface area contributed by atoms with Gasteiger partial charge < -0.3 is 4.42 Å². The first-order valence-corrected chi connectivity index (χ1v) is 15.1. The maximum atomic E-state index is 9.27. The number of hydrogen-bond donors (Lipinski definition) is 0. The van der Waals surface area contributed by atoms with Crippen molar-refractivity contribution in [2.75, 3.05) is 0 Å². The number of hydrogen-bond acceptors (Lipinski definition) is 1. The van der Waals surface area contributed by atoms with E-state index < -0.39 is 0 Å². The predicted octanol–water partition coefficient (Wildman–Crippen LogP) is 12.6. The van der Waals surface area contributed by atoms with Crippen LogP contribution in [0.2, 0.25) is 0 Å². The molecule has 0 N–H and O–H groups in total. The highest BCUT2D eigenvalue weighted by Crippen LogP contribution is 2.45. The molecular formula is C44H28O. The third-order valence-corrected chi connectivity index (χ3v) is 8.74. The smallest absolute Gasteiger partial charge is 0.136 e. The highest BCUT2D eigenvalue weighted by Gasteiger charge is 2.19. The first kappa shape index (κ1) is 21.7. The van der Waals surface area contributed by atoms with Crippen LogP contribution >= 0.6 is 0 Å². The maximum Gasteiger partial charge on any atom is 0.136 e. The lowest BCUT2D eigenvalue weighted by molar-refractivity contribution is 0.669. The molecule has 0 unspecified atom stereocenters. The summed E-state index contributed by atoms with van der Waals surface area (Å²) in [6.45, 7) is 0. The largest absolute Gasteiger partial charge is 0.456 e. The predicted molar refractivity (Wildman–Crippen MR) is 190 cm³/mol. The molecule has 0 bridgehead atoms. The molecule has 1 heterocycles. The van der Waals surface area contributed by atoms with Crippen LogP contribution in [-0.2, 0) is 0 Å². The quantitative estimate of drug-likeness (QED) is 0.190. The van der Waals surface area contributed by atoms with Crippen LogP contribution in [0.5, 0.6) is 0 Å². The summed E-state index contributed by atoms with van der Waals surface area (Å²) in [5.41, 5.74) is 7.92. The van der Waals surface area contributed by atoms with Crippen LogP contribution in [0.4, 0.5) is 0 Å². The van der Waals surface area contributed by atoms with Crippen LogP contribution in [0, 0.1) is 0 Å². The Balaban J connectivity index is 1.35. The van der Waals surface area contributed by atoms with Gasteiger partial charge in [0.2, 0.25) is 0 Å². The molecule has 0 aliphatic heterocycles. The van der Waals surface area contributed by atoms with Gasteiger partial charge >= 0.3 is 0 Å². The molecule has 1 aromatic heterocycles. The lowest BCUT2D eigenvalue weighted by atomic mass is 9.85. The molecule has 0 atom stereocenters. The third-order valence-electron chi connectivity index (χ3n) is 8.74. The summed E-state index contributed by atoms with van der Waals surface area (Å²) >= 11 is 0. The molecule has 45 heavy (non-hydrogen) atoms. The third kappa shape index (κ3) is 4.17. The van der Waals surface area contributed by atoms with Crippen molar-refractivity contribution in [2.45, 2.75) is 0 Å². The lowest BCUT2D eigenvalue weighted by Gasteiger charge is -2.18. The van der Waals surface area contributed by atoms with Gasteiger partial charge in [-0.3, -0.25) is 0 Å². The second-order valence-electron chi connectivity index (χ2n) is 11.3. The Labute approximate surface area is 267 Å². The van der Waals surface area contributed by atoms with E-state index in [-0.39, 0.29) is 24.2 Å². The molecule has 9 rings (SSSR count). The summed E-state index contributed by atoms with van der Waals surface area (Å²) in [6.07, 6.45) is 0. The zero-order valence-corrected chi connectivity index (χ0v) is 24.3. The molecule has 8 aromatic carbocycles. The van der Waals surface area contributed by atoms with E-state index in [1.807, 2.05) is 91.0 Å². The van der Waals surface area contributed by atoms with Crippen LogP contribution in [0.25, 0.3) is 88.0 Å². The zero-order valence-electron chi connectivity index (χ0n) is 28.3. The van der Waals surface area contributed by atoms with E-state index in [2.05, 4.69) is 54.6 Å². The van der Waals surface area contributed by atoms with Gasteiger partial charge in [0.1, 0.15) is 11.2 Å². The fourth-order valence-corrected chi connectivity index (χ4v) is 6.74. The summed E-state index contributed by atoms with van der Waals surface area (Å²) in [4.78, 5) is 0. The Bertz CT molecular complexity index is 2660. The summed E-state index contributed by atoms with van der Waals surface area (Å²) in [5.74, 6) is 0. The van der Waals surface area contributed by atoms with Crippen LogP contribution in [0.1, 0.15) is 5.48 Å². The van der Waals surface area contributed by atoms with Gasteiger partial charge in [0.05, 0.1) is 5.48 Å². The first-order valence-electron chi connectivity index (χ1n) is 17.1. The Morgan fingerprint density at radius 1 is 0.356 bits per heavy atom. The Morgan fingerprint density at radius 2 is 0.889 bits per heavy atom. The van der Waals surface area contributed by atoms with Crippen LogP contribution < -0.4 is 0 Å². The second kappa shape index (κ2) is 10.4. The SMILES string of the molecule is [2H]c1c([2H])c(-c2c3ccccc3c(-c3ccc4oc5cccc(-c6ccccc6)c5c4c3)c3ccccc23)c([2H])c([2H])c1-c1ccccc1. The van der Waals surface area contributed by atoms with E-state index >= 15 is 0 Å². The fourth-order valence-electron chi connectivity index (χ4n) is 6.74. The van der Waals surface area contributed by atoms with Crippen LogP contribution in [0.15, 0.2) is 174 Å². The number of furan rings is 1. The number of fused-ring (bicyclic) bond motifs is 5. The van der Waals surface area contributed by atoms with Gasteiger partial charge in [-0.2, -0.15) is 0 Å². The van der Waals surface area contributed by atoms with E-state index in [1.165, 1.54) is 0 Å². The Morgan fingerprint density at radius 3 is 1.51 bits per heavy atom. The van der Waals surface area contributed by atoms with Crippen molar-refractivity contribution in [3.63, 3.8) is 0 Å². The van der Waals surface area contributed by atoms with Crippen molar-refractivity contribution in [2.24, 2.45) is 0 Å². The van der Waals surface area contributed by atoms with Gasteiger partial charge in [0.25, 0.3) is 0 Å². The van der Waals surface area contributed by atoms with Crippen molar-refractivity contribution in [3.8, 4) is 44.5 Å². The first-order chi connectivity index (χ1) is 24.0. The van der Waals surface area contributed by atoms with E-state index in [4.69, 9.17) is 7.16 Å². The second-order valence-corrected chi connectivity index (χ2v) is 11.3. The molecule has 0 spiro atoms. The van der Waals surface area contributed by atoms with Gasteiger partial charge in [-0.25, -0.2) is 0 Å². The van der Waals surface area contributed by atoms with Crippen LogP contribution in [0.3, 0.4) is 0 Å². The molecule has 0 fully saturated rings. The molecule has 0 saturated carbocycles. The summed E-state index contributed by atoms with van der Waals surface area (Å²) in [5, 5.41) is 5.77. The minimum atomic E-state index is -0.0531. The number of benzene rings is 8. The molecule has 9 aromatic rings. The van der Waals surface area contributed by atoms with Crippen molar-refractivity contribution in [1.29, 1.82) is 0 Å². The average Bonchev–Trinajstić information content (AvgIpc) is 3.53. The fraction of sp³-hybridized carbons (Fsp3) is 0.